The fourth-order valence-corrected chi connectivity index (χ4v) is 2.07. The Morgan fingerprint density at radius 1 is 1.12 bits per heavy atom. The van der Waals surface area contributed by atoms with E-state index in [9.17, 15) is 0 Å². The van der Waals surface area contributed by atoms with Crippen molar-refractivity contribution in [1.82, 2.24) is 10.6 Å². The zero-order valence-corrected chi connectivity index (χ0v) is 15.2. The summed E-state index contributed by atoms with van der Waals surface area (Å²) in [4.78, 5) is 4.56. The van der Waals surface area contributed by atoms with Crippen LogP contribution in [-0.2, 0) is 6.54 Å². The van der Waals surface area contributed by atoms with Gasteiger partial charge in [-0.05, 0) is 30.5 Å². The van der Waals surface area contributed by atoms with Gasteiger partial charge in [0.1, 0.15) is 0 Å². The molecule has 0 saturated carbocycles. The Balaban J connectivity index is 2.91. The van der Waals surface area contributed by atoms with E-state index in [4.69, 9.17) is 19.3 Å². The molecule has 0 fully saturated rings. The van der Waals surface area contributed by atoms with Crippen molar-refractivity contribution in [3.8, 4) is 17.2 Å². The molecule has 1 atom stereocenters. The summed E-state index contributed by atoms with van der Waals surface area (Å²) in [6, 6.07) is 3.76. The Bertz CT molecular complexity index is 510. The topological polar surface area (TPSA) is 84.3 Å². The molecule has 136 valence electrons. The van der Waals surface area contributed by atoms with E-state index in [0.29, 0.717) is 36.3 Å². The molecule has 1 aromatic carbocycles. The van der Waals surface area contributed by atoms with Gasteiger partial charge in [-0.15, -0.1) is 0 Å². The Hall–Kier alpha value is -2.15. The van der Waals surface area contributed by atoms with E-state index < -0.39 is 0 Å². The third-order valence-corrected chi connectivity index (χ3v) is 3.42. The minimum Gasteiger partial charge on any atom is -0.493 e. The van der Waals surface area contributed by atoms with Crippen LogP contribution in [-0.4, -0.2) is 52.1 Å². The molecule has 0 aliphatic heterocycles. The van der Waals surface area contributed by atoms with Gasteiger partial charge in [-0.25, -0.2) is 4.99 Å². The normalized spacial score (nSPS) is 12.5. The number of aliphatic hydroxyl groups excluding tert-OH is 1. The molecule has 1 aromatic rings. The van der Waals surface area contributed by atoms with E-state index in [1.165, 1.54) is 0 Å². The van der Waals surface area contributed by atoms with Gasteiger partial charge >= 0.3 is 0 Å². The summed E-state index contributed by atoms with van der Waals surface area (Å²) in [5, 5.41) is 15.5. The van der Waals surface area contributed by atoms with Gasteiger partial charge in [0.05, 0.1) is 27.9 Å². The van der Waals surface area contributed by atoms with Crippen LogP contribution in [0.2, 0.25) is 0 Å². The van der Waals surface area contributed by atoms with Crippen LogP contribution in [0.3, 0.4) is 0 Å². The van der Waals surface area contributed by atoms with Gasteiger partial charge in [-0.1, -0.05) is 6.92 Å². The highest BCUT2D eigenvalue weighted by molar-refractivity contribution is 5.79. The lowest BCUT2D eigenvalue weighted by Crippen LogP contribution is -2.39. The van der Waals surface area contributed by atoms with E-state index in [1.54, 1.807) is 21.3 Å². The number of methoxy groups -OCH3 is 3. The number of aliphatic imine (C=N–C) groups is 1. The van der Waals surface area contributed by atoms with Crippen molar-refractivity contribution < 1.29 is 19.3 Å². The van der Waals surface area contributed by atoms with Gasteiger partial charge < -0.3 is 30.0 Å². The maximum Gasteiger partial charge on any atom is 0.203 e. The van der Waals surface area contributed by atoms with Crippen LogP contribution in [0.15, 0.2) is 17.1 Å². The van der Waals surface area contributed by atoms with Crippen molar-refractivity contribution in [1.29, 1.82) is 0 Å². The molecular formula is C17H29N3O4. The first kappa shape index (κ1) is 19.9. The number of hydrogen-bond acceptors (Lipinski definition) is 5. The molecule has 1 unspecified atom stereocenters. The fourth-order valence-electron chi connectivity index (χ4n) is 2.07. The third-order valence-electron chi connectivity index (χ3n) is 3.42. The minimum absolute atomic E-state index is 0.138. The Morgan fingerprint density at radius 3 is 2.21 bits per heavy atom. The fraction of sp³-hybridized carbons (Fsp3) is 0.588. The number of benzene rings is 1. The molecule has 0 heterocycles. The average molecular weight is 339 g/mol. The second-order valence-corrected chi connectivity index (χ2v) is 5.40. The Morgan fingerprint density at radius 2 is 1.75 bits per heavy atom. The molecule has 3 N–H and O–H groups in total. The number of nitrogens with zero attached hydrogens (tertiary/aromatic N) is 1. The molecule has 24 heavy (non-hydrogen) atoms. The van der Waals surface area contributed by atoms with Gasteiger partial charge in [-0.2, -0.15) is 0 Å². The zero-order valence-electron chi connectivity index (χ0n) is 15.2. The van der Waals surface area contributed by atoms with Crippen LogP contribution in [0.5, 0.6) is 17.2 Å². The van der Waals surface area contributed by atoms with Crippen molar-refractivity contribution in [2.75, 3.05) is 41.0 Å². The average Bonchev–Trinajstić information content (AvgIpc) is 2.62. The summed E-state index contributed by atoms with van der Waals surface area (Å²) in [5.41, 5.74) is 0.942. The SMILES string of the molecule is CCNC(=NCc1cc(OC)c(OC)c(OC)c1)NCC(C)CO. The third kappa shape index (κ3) is 5.81. The monoisotopic (exact) mass is 339 g/mol. The molecule has 0 amide bonds. The van der Waals surface area contributed by atoms with Gasteiger partial charge in [0.15, 0.2) is 17.5 Å². The second kappa shape index (κ2) is 10.6. The van der Waals surface area contributed by atoms with E-state index in [0.717, 1.165) is 12.1 Å². The van der Waals surface area contributed by atoms with E-state index in [1.807, 2.05) is 26.0 Å². The highest BCUT2D eigenvalue weighted by Crippen LogP contribution is 2.38. The van der Waals surface area contributed by atoms with Gasteiger partial charge in [0.25, 0.3) is 0 Å². The first-order valence-electron chi connectivity index (χ1n) is 8.01. The summed E-state index contributed by atoms with van der Waals surface area (Å²) >= 11 is 0. The van der Waals surface area contributed by atoms with Crippen LogP contribution in [0.4, 0.5) is 0 Å². The lowest BCUT2D eigenvalue weighted by molar-refractivity contribution is 0.238. The van der Waals surface area contributed by atoms with E-state index in [-0.39, 0.29) is 12.5 Å². The lowest BCUT2D eigenvalue weighted by Gasteiger charge is -2.15. The largest absolute Gasteiger partial charge is 0.493 e. The highest BCUT2D eigenvalue weighted by Gasteiger charge is 2.13. The number of nitrogens with one attached hydrogen (secondary N) is 2. The number of aliphatic hydroxyl groups is 1. The van der Waals surface area contributed by atoms with Crippen LogP contribution >= 0.6 is 0 Å². The molecule has 7 heteroatoms. The van der Waals surface area contributed by atoms with Crippen molar-refractivity contribution in [2.24, 2.45) is 10.9 Å². The molecule has 0 aliphatic carbocycles. The summed E-state index contributed by atoms with van der Waals surface area (Å²) in [6.45, 7) is 5.98. The second-order valence-electron chi connectivity index (χ2n) is 5.40. The first-order valence-corrected chi connectivity index (χ1v) is 8.01. The van der Waals surface area contributed by atoms with E-state index >= 15 is 0 Å². The molecule has 1 rings (SSSR count). The van der Waals surface area contributed by atoms with Gasteiger partial charge in [-0.3, -0.25) is 0 Å². The number of hydrogen-bond donors (Lipinski definition) is 3. The maximum atomic E-state index is 9.11. The van der Waals surface area contributed by atoms with Gasteiger partial charge in [0.2, 0.25) is 5.75 Å². The lowest BCUT2D eigenvalue weighted by atomic mass is 10.2. The molecular weight excluding hydrogens is 310 g/mol. The van der Waals surface area contributed by atoms with Crippen LogP contribution in [0.1, 0.15) is 19.4 Å². The predicted octanol–water partition coefficient (Wildman–Crippen LogP) is 1.40. The van der Waals surface area contributed by atoms with Crippen LogP contribution in [0, 0.1) is 5.92 Å². The minimum atomic E-state index is 0.138. The number of ether oxygens (including phenoxy) is 3. The van der Waals surface area contributed by atoms with Crippen molar-refractivity contribution in [3.05, 3.63) is 17.7 Å². The molecule has 0 bridgehead atoms. The first-order chi connectivity index (χ1) is 11.6. The Labute approximate surface area is 144 Å². The van der Waals surface area contributed by atoms with Crippen molar-refractivity contribution in [3.63, 3.8) is 0 Å². The smallest absolute Gasteiger partial charge is 0.203 e. The Kier molecular flexibility index (Phi) is 8.78. The van der Waals surface area contributed by atoms with Crippen LogP contribution < -0.4 is 24.8 Å². The molecule has 0 saturated heterocycles. The maximum absolute atomic E-state index is 9.11. The molecule has 0 spiro atoms. The summed E-state index contributed by atoms with van der Waals surface area (Å²) in [6.07, 6.45) is 0. The zero-order chi connectivity index (χ0) is 17.9. The van der Waals surface area contributed by atoms with Crippen molar-refractivity contribution in [2.45, 2.75) is 20.4 Å². The van der Waals surface area contributed by atoms with Crippen molar-refractivity contribution >= 4 is 5.96 Å². The summed E-state index contributed by atoms with van der Waals surface area (Å²) in [5.74, 6) is 2.64. The summed E-state index contributed by atoms with van der Waals surface area (Å²) in [7, 11) is 4.76. The molecule has 0 radical (unpaired) electrons. The number of rotatable bonds is 9. The molecule has 0 aliphatic rings. The van der Waals surface area contributed by atoms with Gasteiger partial charge in [0, 0.05) is 19.7 Å². The summed E-state index contributed by atoms with van der Waals surface area (Å²) < 4.78 is 16.0. The molecule has 7 nitrogen and oxygen atoms in total. The number of guanidine groups is 1. The standard InChI is InChI=1S/C17H29N3O4/c1-6-18-17(19-9-12(2)11-21)20-10-13-7-14(22-3)16(24-5)15(8-13)23-4/h7-8,12,21H,6,9-11H2,1-5H3,(H2,18,19,20). The highest BCUT2D eigenvalue weighted by atomic mass is 16.5. The molecule has 0 aromatic heterocycles. The van der Waals surface area contributed by atoms with E-state index in [2.05, 4.69) is 15.6 Å². The van der Waals surface area contributed by atoms with Crippen LogP contribution in [0.25, 0.3) is 0 Å². The predicted molar refractivity (Wildman–Crippen MR) is 95.2 cm³/mol. The quantitative estimate of drug-likeness (QED) is 0.466.